The summed E-state index contributed by atoms with van der Waals surface area (Å²) in [5.74, 6) is 0.374. The highest BCUT2D eigenvalue weighted by molar-refractivity contribution is 6.76. The fourth-order valence-corrected chi connectivity index (χ4v) is 5.50. The van der Waals surface area contributed by atoms with Crippen molar-refractivity contribution in [3.8, 4) is 6.07 Å². The lowest BCUT2D eigenvalue weighted by Gasteiger charge is -2.27. The predicted molar refractivity (Wildman–Crippen MR) is 165 cm³/mol. The summed E-state index contributed by atoms with van der Waals surface area (Å²) in [6.07, 6.45) is 14.0. The lowest BCUT2D eigenvalue weighted by Crippen LogP contribution is -2.29. The number of ether oxygens (including phenoxy) is 1. The van der Waals surface area contributed by atoms with Crippen molar-refractivity contribution < 1.29 is 14.6 Å². The van der Waals surface area contributed by atoms with Crippen LogP contribution in [0.5, 0.6) is 0 Å². The smallest absolute Gasteiger partial charge is 0.287 e. The summed E-state index contributed by atoms with van der Waals surface area (Å²) >= 11 is 0. The quantitative estimate of drug-likeness (QED) is 0.108. The monoisotopic (exact) mass is 569 g/mol. The Bertz CT molecular complexity index is 1080. The number of hydrogen-bond acceptors (Lipinski definition) is 6. The third-order valence-corrected chi connectivity index (χ3v) is 8.46. The van der Waals surface area contributed by atoms with Gasteiger partial charge in [-0.1, -0.05) is 51.2 Å². The minimum Gasteiger partial charge on any atom is -0.390 e. The van der Waals surface area contributed by atoms with Crippen LogP contribution in [-0.4, -0.2) is 59.6 Å². The van der Waals surface area contributed by atoms with Gasteiger partial charge in [0.25, 0.3) is 5.91 Å². The summed E-state index contributed by atoms with van der Waals surface area (Å²) in [7, 11) is -1.23. The van der Waals surface area contributed by atoms with Crippen molar-refractivity contribution in [2.75, 3.05) is 19.7 Å². The number of aliphatic imine (C=N–C) groups is 1. The van der Waals surface area contributed by atoms with E-state index in [1.807, 2.05) is 32.1 Å². The molecule has 2 N–H and O–H groups in total. The fourth-order valence-electron chi connectivity index (χ4n) is 4.74. The van der Waals surface area contributed by atoms with Gasteiger partial charge in [-0.3, -0.25) is 9.79 Å². The number of nitrogens with zero attached hydrogens (tertiary/aromatic N) is 4. The highest BCUT2D eigenvalue weighted by Crippen LogP contribution is 2.26. The van der Waals surface area contributed by atoms with Gasteiger partial charge in [-0.25, -0.2) is 4.98 Å². The number of amides is 1. The van der Waals surface area contributed by atoms with Crippen molar-refractivity contribution in [3.63, 3.8) is 0 Å². The van der Waals surface area contributed by atoms with Gasteiger partial charge >= 0.3 is 0 Å². The Morgan fingerprint density at radius 1 is 1.35 bits per heavy atom. The number of nitrogens with one attached hydrogen (secondary N) is 1. The molecule has 1 amide bonds. The summed E-state index contributed by atoms with van der Waals surface area (Å²) in [5, 5.41) is 22.8. The number of carbonyl (C=O) groups is 1. The first-order chi connectivity index (χ1) is 18.8. The topological polar surface area (TPSA) is 113 Å². The van der Waals surface area contributed by atoms with Crippen molar-refractivity contribution in [3.05, 3.63) is 41.5 Å². The van der Waals surface area contributed by atoms with Crippen LogP contribution >= 0.6 is 0 Å². The number of aliphatic hydroxyl groups is 1. The van der Waals surface area contributed by atoms with Gasteiger partial charge in [0.1, 0.15) is 12.8 Å². The number of carbonyl (C=O) groups excluding carboxylic acids is 1. The molecule has 0 aliphatic heterocycles. The number of nitriles is 1. The molecule has 0 spiro atoms. The molecular formula is C31H51N5O3Si. The third kappa shape index (κ3) is 13.2. The summed E-state index contributed by atoms with van der Waals surface area (Å²) < 4.78 is 7.38. The Morgan fingerprint density at radius 2 is 2.10 bits per heavy atom. The van der Waals surface area contributed by atoms with Gasteiger partial charge in [-0.2, -0.15) is 5.26 Å². The zero-order valence-electron chi connectivity index (χ0n) is 25.8. The second-order valence-electron chi connectivity index (χ2n) is 13.2. The Morgan fingerprint density at radius 3 is 2.70 bits per heavy atom. The van der Waals surface area contributed by atoms with E-state index in [-0.39, 0.29) is 30.1 Å². The van der Waals surface area contributed by atoms with Crippen molar-refractivity contribution in [1.29, 1.82) is 5.26 Å². The molecule has 1 aromatic rings. The molecule has 1 aliphatic rings. The van der Waals surface area contributed by atoms with Gasteiger partial charge < -0.3 is 19.7 Å². The first-order valence-corrected chi connectivity index (χ1v) is 18.4. The van der Waals surface area contributed by atoms with Crippen LogP contribution in [0.4, 0.5) is 0 Å². The lowest BCUT2D eigenvalue weighted by molar-refractivity contribution is 0.0590. The highest BCUT2D eigenvalue weighted by Gasteiger charge is 2.24. The third-order valence-electron chi connectivity index (χ3n) is 6.76. The van der Waals surface area contributed by atoms with Crippen LogP contribution in [0, 0.1) is 23.2 Å². The van der Waals surface area contributed by atoms with Crippen molar-refractivity contribution in [2.24, 2.45) is 16.8 Å². The number of imidazole rings is 1. The molecule has 0 fully saturated rings. The minimum atomic E-state index is -1.23. The second kappa shape index (κ2) is 16.0. The summed E-state index contributed by atoms with van der Waals surface area (Å²) in [4.78, 5) is 22.2. The molecule has 9 heteroatoms. The molecule has 0 saturated carbocycles. The molecule has 0 saturated heterocycles. The molecule has 1 aromatic heterocycles. The Kier molecular flexibility index (Phi) is 13.5. The van der Waals surface area contributed by atoms with Crippen LogP contribution < -0.4 is 5.32 Å². The molecule has 222 valence electrons. The molecule has 0 aromatic carbocycles. The predicted octanol–water partition coefficient (Wildman–Crippen LogP) is 6.12. The van der Waals surface area contributed by atoms with E-state index in [1.165, 1.54) is 18.4 Å². The first kappa shape index (κ1) is 33.7. The van der Waals surface area contributed by atoms with E-state index in [4.69, 9.17) is 9.73 Å². The van der Waals surface area contributed by atoms with Crippen LogP contribution in [0.1, 0.15) is 82.5 Å². The van der Waals surface area contributed by atoms with Gasteiger partial charge in [0.2, 0.25) is 5.82 Å². The summed E-state index contributed by atoms with van der Waals surface area (Å²) in [5.41, 5.74) is 1.72. The SMILES string of the molecule is CC(C)CC(CC(C)(C)O)C(/C=C\CNC(=O)c1nc(C#N)cn1COCC[Si](C)(C)C)=N/CC1=CCCCC1. The number of rotatable bonds is 16. The van der Waals surface area contributed by atoms with E-state index in [0.29, 0.717) is 32.0 Å². The standard InChI is InChI=1S/C31H51N5O3Si/c1-24(2)18-26(19-31(3,4)38)28(34-21-25-12-9-8-10-13-25)14-11-15-33-30(37)29-35-27(20-32)22-36(29)23-39-16-17-40(5,6)7/h11-12,14,22,24,26,38H,8-10,13,15-19,21,23H2,1-7H3,(H,33,37)/b14-11-,34-28+. The van der Waals surface area contributed by atoms with E-state index in [1.54, 1.807) is 10.8 Å². The first-order valence-electron chi connectivity index (χ1n) is 14.7. The van der Waals surface area contributed by atoms with Crippen molar-refractivity contribution in [2.45, 2.75) is 104 Å². The maximum Gasteiger partial charge on any atom is 0.287 e. The Labute approximate surface area is 242 Å². The normalized spacial score (nSPS) is 15.8. The number of allylic oxidation sites excluding steroid dienone is 2. The summed E-state index contributed by atoms with van der Waals surface area (Å²) in [6, 6.07) is 3.03. The maximum atomic E-state index is 13.0. The van der Waals surface area contributed by atoms with Crippen molar-refractivity contribution in [1.82, 2.24) is 14.9 Å². The fraction of sp³-hybridized carbons (Fsp3) is 0.677. The molecule has 40 heavy (non-hydrogen) atoms. The van der Waals surface area contributed by atoms with Crippen LogP contribution in [0.25, 0.3) is 0 Å². The molecule has 1 atom stereocenters. The van der Waals surface area contributed by atoms with Gasteiger partial charge in [0.15, 0.2) is 5.69 Å². The molecule has 1 aliphatic carbocycles. The van der Waals surface area contributed by atoms with Gasteiger partial charge in [0, 0.05) is 39.1 Å². The molecular weight excluding hydrogens is 518 g/mol. The van der Waals surface area contributed by atoms with Crippen molar-refractivity contribution >= 4 is 19.7 Å². The summed E-state index contributed by atoms with van der Waals surface area (Å²) in [6.45, 7) is 16.7. The van der Waals surface area contributed by atoms with Crippen LogP contribution in [0.3, 0.4) is 0 Å². The average Bonchev–Trinajstić information content (AvgIpc) is 3.28. The molecule has 0 bridgehead atoms. The molecule has 0 radical (unpaired) electrons. The van der Waals surface area contributed by atoms with Gasteiger partial charge in [-0.05, 0) is 70.4 Å². The zero-order chi connectivity index (χ0) is 29.8. The second-order valence-corrected chi connectivity index (χ2v) is 18.8. The zero-order valence-corrected chi connectivity index (χ0v) is 26.8. The van der Waals surface area contributed by atoms with Crippen LogP contribution in [-0.2, 0) is 11.5 Å². The lowest BCUT2D eigenvalue weighted by atomic mass is 9.83. The minimum absolute atomic E-state index is 0.113. The Balaban J connectivity index is 2.12. The average molecular weight is 570 g/mol. The van der Waals surface area contributed by atoms with E-state index < -0.39 is 13.7 Å². The van der Waals surface area contributed by atoms with Gasteiger partial charge in [0.05, 0.1) is 12.1 Å². The van der Waals surface area contributed by atoms with E-state index >= 15 is 0 Å². The number of aromatic nitrogens is 2. The Hall–Kier alpha value is -2.54. The molecule has 8 nitrogen and oxygen atoms in total. The maximum absolute atomic E-state index is 13.0. The van der Waals surface area contributed by atoms with Crippen LogP contribution in [0.15, 0.2) is 35.0 Å². The van der Waals surface area contributed by atoms with E-state index in [9.17, 15) is 15.2 Å². The molecule has 1 heterocycles. The molecule has 1 unspecified atom stereocenters. The van der Waals surface area contributed by atoms with Gasteiger partial charge in [-0.15, -0.1) is 0 Å². The van der Waals surface area contributed by atoms with E-state index in [0.717, 1.165) is 31.0 Å². The molecule has 2 rings (SSSR count). The number of hydrogen-bond donors (Lipinski definition) is 2. The van der Waals surface area contributed by atoms with Crippen LogP contribution in [0.2, 0.25) is 25.7 Å². The largest absolute Gasteiger partial charge is 0.390 e. The van der Waals surface area contributed by atoms with E-state index in [2.05, 4.69) is 49.9 Å². The highest BCUT2D eigenvalue weighted by atomic mass is 28.3.